The molecule has 2 amide bonds. The molecule has 2 saturated heterocycles. The molecule has 2 aliphatic rings. The van der Waals surface area contributed by atoms with Gasteiger partial charge >= 0.3 is 0 Å². The highest BCUT2D eigenvalue weighted by Crippen LogP contribution is 2.30. The first-order valence-corrected chi connectivity index (χ1v) is 13.6. The third-order valence-electron chi connectivity index (χ3n) is 6.30. The second-order valence-corrected chi connectivity index (χ2v) is 11.5. The number of hydrogen-bond donors (Lipinski definition) is 1. The highest BCUT2D eigenvalue weighted by molar-refractivity contribution is 7.89. The van der Waals surface area contributed by atoms with Gasteiger partial charge in [0.15, 0.2) is 0 Å². The Morgan fingerprint density at radius 2 is 1.68 bits per heavy atom. The smallest absolute Gasteiger partial charge is 0.244 e. The van der Waals surface area contributed by atoms with Crippen LogP contribution in [0.15, 0.2) is 47.4 Å². The van der Waals surface area contributed by atoms with E-state index in [1.165, 1.54) is 22.5 Å². The van der Waals surface area contributed by atoms with E-state index in [-0.39, 0.29) is 33.3 Å². The molecular formula is C24H27Cl2N3O4S. The third-order valence-corrected chi connectivity index (χ3v) is 8.88. The summed E-state index contributed by atoms with van der Waals surface area (Å²) < 4.78 is 27.6. The van der Waals surface area contributed by atoms with Crippen molar-refractivity contribution in [2.75, 3.05) is 31.5 Å². The lowest BCUT2D eigenvalue weighted by Crippen LogP contribution is -2.43. The van der Waals surface area contributed by atoms with Gasteiger partial charge in [0.2, 0.25) is 21.8 Å². The quantitative estimate of drug-likeness (QED) is 0.614. The van der Waals surface area contributed by atoms with Crippen LogP contribution in [0.1, 0.15) is 31.2 Å². The fourth-order valence-electron chi connectivity index (χ4n) is 4.39. The van der Waals surface area contributed by atoms with Crippen LogP contribution in [-0.4, -0.2) is 55.6 Å². The van der Waals surface area contributed by atoms with E-state index >= 15 is 0 Å². The maximum atomic E-state index is 13.1. The molecule has 0 spiro atoms. The Hall–Kier alpha value is -2.13. The number of carbonyl (C=O) groups is 2. The number of anilines is 1. The van der Waals surface area contributed by atoms with Crippen molar-refractivity contribution in [1.29, 1.82) is 0 Å². The fraction of sp³-hybridized carbons (Fsp3) is 0.417. The number of amides is 2. The molecule has 4 rings (SSSR count). The van der Waals surface area contributed by atoms with Crippen LogP contribution in [-0.2, 0) is 26.0 Å². The molecule has 7 nitrogen and oxygen atoms in total. The molecule has 2 heterocycles. The topological polar surface area (TPSA) is 86.8 Å². The largest absolute Gasteiger partial charge is 0.342 e. The number of hydrogen-bond acceptors (Lipinski definition) is 4. The lowest BCUT2D eigenvalue weighted by atomic mass is 9.98. The second kappa shape index (κ2) is 10.6. The average molecular weight is 524 g/mol. The third kappa shape index (κ3) is 5.74. The zero-order valence-corrected chi connectivity index (χ0v) is 21.0. The number of piperidine rings is 1. The van der Waals surface area contributed by atoms with Gasteiger partial charge in [-0.25, -0.2) is 8.42 Å². The summed E-state index contributed by atoms with van der Waals surface area (Å²) in [6, 6.07) is 11.5. The van der Waals surface area contributed by atoms with E-state index in [4.69, 9.17) is 23.2 Å². The Morgan fingerprint density at radius 1 is 0.971 bits per heavy atom. The summed E-state index contributed by atoms with van der Waals surface area (Å²) in [5.41, 5.74) is 1.50. The maximum Gasteiger partial charge on any atom is 0.244 e. The molecule has 2 aliphatic heterocycles. The molecule has 0 aromatic heterocycles. The van der Waals surface area contributed by atoms with Crippen LogP contribution in [0.2, 0.25) is 10.0 Å². The van der Waals surface area contributed by atoms with Gasteiger partial charge in [0.25, 0.3) is 0 Å². The first-order chi connectivity index (χ1) is 16.2. The zero-order valence-electron chi connectivity index (χ0n) is 18.7. The van der Waals surface area contributed by atoms with Gasteiger partial charge in [-0.1, -0.05) is 35.3 Å². The van der Waals surface area contributed by atoms with Crippen LogP contribution in [0.4, 0.5) is 5.69 Å². The Balaban J connectivity index is 1.37. The SMILES string of the molecule is O=C(Nc1ccc(CC(=O)N2CCCC2)cc1)[C@H]1CCCN(S(=O)(=O)c2cc(Cl)ccc2Cl)C1. The minimum absolute atomic E-state index is 0.0539. The predicted octanol–water partition coefficient (Wildman–Crippen LogP) is 4.20. The molecule has 2 aromatic rings. The van der Waals surface area contributed by atoms with Crippen LogP contribution in [0.3, 0.4) is 0 Å². The molecule has 0 bridgehead atoms. The van der Waals surface area contributed by atoms with Crippen molar-refractivity contribution >= 4 is 50.7 Å². The molecular weight excluding hydrogens is 497 g/mol. The minimum atomic E-state index is -3.88. The van der Waals surface area contributed by atoms with Crippen LogP contribution < -0.4 is 5.32 Å². The van der Waals surface area contributed by atoms with Gasteiger partial charge in [-0.15, -0.1) is 0 Å². The Bertz CT molecular complexity index is 1170. The molecule has 0 aliphatic carbocycles. The first kappa shape index (κ1) is 25.0. The summed E-state index contributed by atoms with van der Waals surface area (Å²) in [7, 11) is -3.88. The number of nitrogens with zero attached hydrogens (tertiary/aromatic N) is 2. The molecule has 0 radical (unpaired) electrons. The molecule has 2 fully saturated rings. The van der Waals surface area contributed by atoms with Crippen molar-refractivity contribution in [2.45, 2.75) is 37.0 Å². The number of likely N-dealkylation sites (tertiary alicyclic amines) is 1. The van der Waals surface area contributed by atoms with Gasteiger partial charge in [0, 0.05) is 36.9 Å². The Kier molecular flexibility index (Phi) is 7.82. The van der Waals surface area contributed by atoms with Crippen molar-refractivity contribution < 1.29 is 18.0 Å². The van der Waals surface area contributed by atoms with Gasteiger partial charge in [-0.3, -0.25) is 9.59 Å². The van der Waals surface area contributed by atoms with E-state index in [0.29, 0.717) is 31.5 Å². The van der Waals surface area contributed by atoms with Gasteiger partial charge in [0.05, 0.1) is 17.4 Å². The summed E-state index contributed by atoms with van der Waals surface area (Å²) in [6.07, 6.45) is 3.61. The van der Waals surface area contributed by atoms with Crippen molar-refractivity contribution in [3.8, 4) is 0 Å². The number of halogens is 2. The van der Waals surface area contributed by atoms with Gasteiger partial charge in [0.1, 0.15) is 4.90 Å². The molecule has 34 heavy (non-hydrogen) atoms. The standard InChI is InChI=1S/C24H27Cl2N3O4S/c25-19-7-10-21(26)22(15-19)34(32,33)29-13-3-4-18(16-29)24(31)27-20-8-5-17(6-9-20)14-23(30)28-11-1-2-12-28/h5-10,15,18H,1-4,11-14,16H2,(H,27,31)/t18-/m0/s1. The maximum absolute atomic E-state index is 13.1. The lowest BCUT2D eigenvalue weighted by Gasteiger charge is -2.31. The van der Waals surface area contributed by atoms with Crippen LogP contribution in [0, 0.1) is 5.92 Å². The fourth-order valence-corrected chi connectivity index (χ4v) is 6.65. The van der Waals surface area contributed by atoms with E-state index in [9.17, 15) is 18.0 Å². The lowest BCUT2D eigenvalue weighted by molar-refractivity contribution is -0.129. The van der Waals surface area contributed by atoms with Crippen LogP contribution >= 0.6 is 23.2 Å². The molecule has 182 valence electrons. The summed E-state index contributed by atoms with van der Waals surface area (Å²) in [5.74, 6) is -0.603. The van der Waals surface area contributed by atoms with E-state index in [1.54, 1.807) is 12.1 Å². The van der Waals surface area contributed by atoms with Crippen LogP contribution in [0.5, 0.6) is 0 Å². The number of sulfonamides is 1. The van der Waals surface area contributed by atoms with Gasteiger partial charge in [-0.05, 0) is 61.6 Å². The van der Waals surface area contributed by atoms with E-state index in [2.05, 4.69) is 5.32 Å². The molecule has 1 atom stereocenters. The zero-order chi connectivity index (χ0) is 24.3. The molecule has 2 aromatic carbocycles. The van der Waals surface area contributed by atoms with E-state index < -0.39 is 15.9 Å². The summed E-state index contributed by atoms with van der Waals surface area (Å²) in [5, 5.41) is 3.25. The highest BCUT2D eigenvalue weighted by Gasteiger charge is 2.34. The number of nitrogens with one attached hydrogen (secondary N) is 1. The average Bonchev–Trinajstić information content (AvgIpc) is 3.37. The predicted molar refractivity (Wildman–Crippen MR) is 133 cm³/mol. The van der Waals surface area contributed by atoms with E-state index in [1.807, 2.05) is 17.0 Å². The first-order valence-electron chi connectivity index (χ1n) is 11.4. The Morgan fingerprint density at radius 3 is 2.38 bits per heavy atom. The minimum Gasteiger partial charge on any atom is -0.342 e. The van der Waals surface area contributed by atoms with Crippen molar-refractivity contribution in [3.05, 3.63) is 58.1 Å². The number of rotatable bonds is 6. The van der Waals surface area contributed by atoms with E-state index in [0.717, 1.165) is 31.5 Å². The van der Waals surface area contributed by atoms with Crippen molar-refractivity contribution in [2.24, 2.45) is 5.92 Å². The number of benzene rings is 2. The van der Waals surface area contributed by atoms with Crippen molar-refractivity contribution in [1.82, 2.24) is 9.21 Å². The molecule has 1 N–H and O–H groups in total. The second-order valence-electron chi connectivity index (χ2n) is 8.73. The summed E-state index contributed by atoms with van der Waals surface area (Å²) >= 11 is 12.1. The number of carbonyl (C=O) groups excluding carboxylic acids is 2. The van der Waals surface area contributed by atoms with Gasteiger partial charge < -0.3 is 10.2 Å². The van der Waals surface area contributed by atoms with Gasteiger partial charge in [-0.2, -0.15) is 4.31 Å². The van der Waals surface area contributed by atoms with Crippen LogP contribution in [0.25, 0.3) is 0 Å². The summed E-state index contributed by atoms with van der Waals surface area (Å²) in [4.78, 5) is 27.0. The monoisotopic (exact) mass is 523 g/mol. The molecule has 0 saturated carbocycles. The molecule has 0 unspecified atom stereocenters. The Labute approximate surface area is 210 Å². The highest BCUT2D eigenvalue weighted by atomic mass is 35.5. The normalized spacial score (nSPS) is 19.2. The molecule has 10 heteroatoms. The van der Waals surface area contributed by atoms with Crippen molar-refractivity contribution in [3.63, 3.8) is 0 Å². The summed E-state index contributed by atoms with van der Waals surface area (Å²) in [6.45, 7) is 2.03.